The SMILES string of the molecule is COc1ccc(CN(C(=O)[C@H]2CCCN(C(=O)c3cccs3)C2)C2CC2)cc1. The third-order valence-electron chi connectivity index (χ3n) is 5.57. The third kappa shape index (κ3) is 4.22. The Labute approximate surface area is 169 Å². The molecule has 1 aromatic heterocycles. The van der Waals surface area contributed by atoms with Gasteiger partial charge in [0.15, 0.2) is 0 Å². The molecule has 148 valence electrons. The quantitative estimate of drug-likeness (QED) is 0.744. The van der Waals surface area contributed by atoms with E-state index >= 15 is 0 Å². The third-order valence-corrected chi connectivity index (χ3v) is 6.43. The molecule has 2 heterocycles. The van der Waals surface area contributed by atoms with Crippen LogP contribution in [0.15, 0.2) is 41.8 Å². The zero-order valence-electron chi connectivity index (χ0n) is 16.2. The number of thiophene rings is 1. The number of hydrogen-bond donors (Lipinski definition) is 0. The Bertz CT molecular complexity index is 815. The van der Waals surface area contributed by atoms with Crippen molar-refractivity contribution in [1.82, 2.24) is 9.80 Å². The molecule has 1 aromatic carbocycles. The van der Waals surface area contributed by atoms with Crippen LogP contribution in [0, 0.1) is 5.92 Å². The summed E-state index contributed by atoms with van der Waals surface area (Å²) in [5.74, 6) is 0.974. The summed E-state index contributed by atoms with van der Waals surface area (Å²) in [5.41, 5.74) is 1.11. The molecule has 5 nitrogen and oxygen atoms in total. The van der Waals surface area contributed by atoms with Crippen molar-refractivity contribution in [3.8, 4) is 5.75 Å². The maximum atomic E-state index is 13.3. The fourth-order valence-electron chi connectivity index (χ4n) is 3.85. The van der Waals surface area contributed by atoms with E-state index in [1.165, 1.54) is 11.3 Å². The fraction of sp³-hybridized carbons (Fsp3) is 0.455. The van der Waals surface area contributed by atoms with Crippen LogP contribution in [0.1, 0.15) is 40.9 Å². The minimum absolute atomic E-state index is 0.0561. The minimum Gasteiger partial charge on any atom is -0.497 e. The minimum atomic E-state index is -0.100. The smallest absolute Gasteiger partial charge is 0.263 e. The Kier molecular flexibility index (Phi) is 5.67. The van der Waals surface area contributed by atoms with Crippen molar-refractivity contribution in [1.29, 1.82) is 0 Å². The van der Waals surface area contributed by atoms with Crippen LogP contribution in [0.5, 0.6) is 5.75 Å². The summed E-state index contributed by atoms with van der Waals surface area (Å²) in [7, 11) is 1.65. The average Bonchev–Trinajstić information content (AvgIpc) is 3.44. The lowest BCUT2D eigenvalue weighted by Crippen LogP contribution is -2.47. The fourth-order valence-corrected chi connectivity index (χ4v) is 4.55. The van der Waals surface area contributed by atoms with Crippen molar-refractivity contribution in [2.24, 2.45) is 5.92 Å². The second-order valence-corrected chi connectivity index (χ2v) is 8.56. The Hall–Kier alpha value is -2.34. The van der Waals surface area contributed by atoms with Crippen LogP contribution in [0.2, 0.25) is 0 Å². The molecule has 0 bridgehead atoms. The molecule has 2 aliphatic rings. The Balaban J connectivity index is 1.43. The van der Waals surface area contributed by atoms with E-state index in [1.54, 1.807) is 7.11 Å². The summed E-state index contributed by atoms with van der Waals surface area (Å²) in [6.45, 7) is 1.90. The first-order chi connectivity index (χ1) is 13.7. The summed E-state index contributed by atoms with van der Waals surface area (Å²) in [6, 6.07) is 12.0. The van der Waals surface area contributed by atoms with E-state index in [0.717, 1.165) is 48.4 Å². The van der Waals surface area contributed by atoms with Crippen molar-refractivity contribution in [3.63, 3.8) is 0 Å². The summed E-state index contributed by atoms with van der Waals surface area (Å²) < 4.78 is 5.22. The van der Waals surface area contributed by atoms with Crippen LogP contribution in [-0.4, -0.2) is 47.9 Å². The maximum absolute atomic E-state index is 13.3. The molecular formula is C22H26N2O3S. The topological polar surface area (TPSA) is 49.9 Å². The first-order valence-electron chi connectivity index (χ1n) is 9.92. The molecule has 1 saturated carbocycles. The first-order valence-corrected chi connectivity index (χ1v) is 10.8. The number of hydrogen-bond acceptors (Lipinski definition) is 4. The molecule has 0 N–H and O–H groups in total. The number of amides is 2. The summed E-state index contributed by atoms with van der Waals surface area (Å²) in [5, 5.41) is 1.92. The number of rotatable bonds is 6. The number of ether oxygens (including phenoxy) is 1. The van der Waals surface area contributed by atoms with Gasteiger partial charge in [-0.2, -0.15) is 0 Å². The van der Waals surface area contributed by atoms with E-state index in [9.17, 15) is 9.59 Å². The maximum Gasteiger partial charge on any atom is 0.263 e. The highest BCUT2D eigenvalue weighted by Crippen LogP contribution is 2.32. The van der Waals surface area contributed by atoms with E-state index < -0.39 is 0 Å². The van der Waals surface area contributed by atoms with E-state index in [1.807, 2.05) is 51.6 Å². The van der Waals surface area contributed by atoms with Gasteiger partial charge in [0.05, 0.1) is 17.9 Å². The van der Waals surface area contributed by atoms with Gasteiger partial charge in [-0.15, -0.1) is 11.3 Å². The molecule has 1 saturated heterocycles. The van der Waals surface area contributed by atoms with Crippen LogP contribution >= 0.6 is 11.3 Å². The van der Waals surface area contributed by atoms with Gasteiger partial charge < -0.3 is 14.5 Å². The van der Waals surface area contributed by atoms with Crippen LogP contribution in [0.25, 0.3) is 0 Å². The molecule has 0 unspecified atom stereocenters. The van der Waals surface area contributed by atoms with Crippen molar-refractivity contribution < 1.29 is 14.3 Å². The van der Waals surface area contributed by atoms with Gasteiger partial charge in [-0.25, -0.2) is 0 Å². The zero-order valence-corrected chi connectivity index (χ0v) is 17.0. The van der Waals surface area contributed by atoms with Crippen LogP contribution < -0.4 is 4.74 Å². The van der Waals surface area contributed by atoms with Gasteiger partial charge in [-0.1, -0.05) is 18.2 Å². The van der Waals surface area contributed by atoms with Gasteiger partial charge in [0.25, 0.3) is 5.91 Å². The molecule has 1 aliphatic heterocycles. The molecule has 6 heteroatoms. The lowest BCUT2D eigenvalue weighted by molar-refractivity contribution is -0.138. The second kappa shape index (κ2) is 8.35. The number of carbonyl (C=O) groups excluding carboxylic acids is 2. The highest BCUT2D eigenvalue weighted by atomic mass is 32.1. The Morgan fingerprint density at radius 2 is 1.96 bits per heavy atom. The van der Waals surface area contributed by atoms with Gasteiger partial charge in [0, 0.05) is 25.7 Å². The number of methoxy groups -OCH3 is 1. The van der Waals surface area contributed by atoms with E-state index in [4.69, 9.17) is 4.74 Å². The van der Waals surface area contributed by atoms with E-state index in [2.05, 4.69) is 0 Å². The predicted molar refractivity (Wildman–Crippen MR) is 110 cm³/mol. The Morgan fingerprint density at radius 3 is 2.61 bits per heavy atom. The molecule has 28 heavy (non-hydrogen) atoms. The molecule has 0 radical (unpaired) electrons. The molecular weight excluding hydrogens is 372 g/mol. The van der Waals surface area contributed by atoms with Crippen molar-refractivity contribution in [3.05, 3.63) is 52.2 Å². The normalized spacial score (nSPS) is 19.3. The van der Waals surface area contributed by atoms with Crippen molar-refractivity contribution >= 4 is 23.2 Å². The second-order valence-electron chi connectivity index (χ2n) is 7.61. The molecule has 2 fully saturated rings. The summed E-state index contributed by atoms with van der Waals surface area (Å²) in [6.07, 6.45) is 3.90. The van der Waals surface area contributed by atoms with Crippen molar-refractivity contribution in [2.75, 3.05) is 20.2 Å². The van der Waals surface area contributed by atoms with Gasteiger partial charge in [0.2, 0.25) is 5.91 Å². The summed E-state index contributed by atoms with van der Waals surface area (Å²) in [4.78, 5) is 30.7. The van der Waals surface area contributed by atoms with Gasteiger partial charge in [-0.05, 0) is 54.8 Å². The number of carbonyl (C=O) groups is 2. The monoisotopic (exact) mass is 398 g/mol. The molecule has 2 aromatic rings. The number of nitrogens with zero attached hydrogens (tertiary/aromatic N) is 2. The van der Waals surface area contributed by atoms with Crippen molar-refractivity contribution in [2.45, 2.75) is 38.3 Å². The number of benzene rings is 1. The highest BCUT2D eigenvalue weighted by Gasteiger charge is 2.38. The van der Waals surface area contributed by atoms with Crippen LogP contribution in [0.3, 0.4) is 0 Å². The van der Waals surface area contributed by atoms with Crippen LogP contribution in [-0.2, 0) is 11.3 Å². The van der Waals surface area contributed by atoms with Gasteiger partial charge in [0.1, 0.15) is 5.75 Å². The molecule has 0 spiro atoms. The molecule has 1 atom stereocenters. The van der Waals surface area contributed by atoms with Gasteiger partial charge in [-0.3, -0.25) is 9.59 Å². The summed E-state index contributed by atoms with van der Waals surface area (Å²) >= 11 is 1.46. The van der Waals surface area contributed by atoms with E-state index in [-0.39, 0.29) is 17.7 Å². The standard InChI is InChI=1S/C22H26N2O3S/c1-27-19-10-6-16(7-11-19)14-24(18-8-9-18)21(25)17-4-2-12-23(15-17)22(26)20-5-3-13-28-20/h3,5-7,10-11,13,17-18H,2,4,8-9,12,14-15H2,1H3/t17-/m0/s1. The predicted octanol–water partition coefficient (Wildman–Crippen LogP) is 3.80. The first kappa shape index (κ1) is 19.0. The molecule has 1 aliphatic carbocycles. The largest absolute Gasteiger partial charge is 0.497 e. The Morgan fingerprint density at radius 1 is 1.18 bits per heavy atom. The number of piperidine rings is 1. The van der Waals surface area contributed by atoms with E-state index in [0.29, 0.717) is 19.1 Å². The highest BCUT2D eigenvalue weighted by molar-refractivity contribution is 7.12. The number of likely N-dealkylation sites (tertiary alicyclic amines) is 1. The average molecular weight is 399 g/mol. The van der Waals surface area contributed by atoms with Crippen LogP contribution in [0.4, 0.5) is 0 Å². The lowest BCUT2D eigenvalue weighted by atomic mass is 9.96. The molecule has 4 rings (SSSR count). The molecule has 2 amide bonds. The lowest BCUT2D eigenvalue weighted by Gasteiger charge is -2.35. The van der Waals surface area contributed by atoms with Gasteiger partial charge >= 0.3 is 0 Å². The zero-order chi connectivity index (χ0) is 19.5.